The van der Waals surface area contributed by atoms with Crippen LogP contribution in [0.3, 0.4) is 0 Å². The lowest BCUT2D eigenvalue weighted by Gasteiger charge is -2.09. The summed E-state index contributed by atoms with van der Waals surface area (Å²) < 4.78 is 0. The molecule has 2 atom stereocenters. The van der Waals surface area contributed by atoms with Crippen molar-refractivity contribution in [1.82, 2.24) is 0 Å². The molecule has 2 unspecified atom stereocenters. The van der Waals surface area contributed by atoms with E-state index >= 15 is 0 Å². The molecule has 0 spiro atoms. The molecule has 0 aromatic carbocycles. The van der Waals surface area contributed by atoms with Crippen LogP contribution in [0, 0.1) is 0 Å². The van der Waals surface area contributed by atoms with Crippen molar-refractivity contribution >= 4 is 0 Å². The van der Waals surface area contributed by atoms with Crippen LogP contribution in [0.5, 0.6) is 0 Å². The minimum absolute atomic E-state index is 0.250. The Kier molecular flexibility index (Phi) is 11.1. The monoisotopic (exact) mass is 150 g/mol. The summed E-state index contributed by atoms with van der Waals surface area (Å²) in [7, 11) is 0. The Labute approximate surface area is 61.8 Å². The SMILES string of the molecule is CC(O)C(N)CN.CCO. The fraction of sp³-hybridized carbons (Fsp3) is 1.00. The molecule has 0 amide bonds. The quantitative estimate of drug-likeness (QED) is 0.391. The second-order valence-corrected chi connectivity index (χ2v) is 1.96. The highest BCUT2D eigenvalue weighted by Gasteiger charge is 2.03. The van der Waals surface area contributed by atoms with Gasteiger partial charge in [0, 0.05) is 19.2 Å². The Hall–Kier alpha value is -0.160. The largest absolute Gasteiger partial charge is 0.397 e. The van der Waals surface area contributed by atoms with Crippen LogP contribution < -0.4 is 11.5 Å². The first kappa shape index (κ1) is 12.5. The number of hydrogen-bond acceptors (Lipinski definition) is 4. The van der Waals surface area contributed by atoms with Gasteiger partial charge in [0.25, 0.3) is 0 Å². The molecular weight excluding hydrogens is 132 g/mol. The summed E-state index contributed by atoms with van der Waals surface area (Å²) in [6.45, 7) is 3.90. The van der Waals surface area contributed by atoms with Gasteiger partial charge in [-0.25, -0.2) is 0 Å². The molecule has 4 heteroatoms. The topological polar surface area (TPSA) is 92.5 Å². The van der Waals surface area contributed by atoms with Crippen molar-refractivity contribution in [1.29, 1.82) is 0 Å². The van der Waals surface area contributed by atoms with Gasteiger partial charge in [0.05, 0.1) is 6.10 Å². The molecule has 10 heavy (non-hydrogen) atoms. The van der Waals surface area contributed by atoms with Crippen molar-refractivity contribution in [2.24, 2.45) is 11.5 Å². The second kappa shape index (κ2) is 8.84. The van der Waals surface area contributed by atoms with Gasteiger partial charge < -0.3 is 21.7 Å². The van der Waals surface area contributed by atoms with Crippen molar-refractivity contribution in [3.05, 3.63) is 0 Å². The summed E-state index contributed by atoms with van der Waals surface area (Å²) in [5.41, 5.74) is 10.3. The van der Waals surface area contributed by atoms with E-state index in [9.17, 15) is 0 Å². The predicted molar refractivity (Wildman–Crippen MR) is 41.5 cm³/mol. The Morgan fingerprint density at radius 1 is 1.50 bits per heavy atom. The van der Waals surface area contributed by atoms with Crippen LogP contribution in [-0.2, 0) is 0 Å². The molecule has 0 aliphatic carbocycles. The van der Waals surface area contributed by atoms with Gasteiger partial charge in [-0.05, 0) is 13.8 Å². The Bertz CT molecular complexity index is 59.7. The second-order valence-electron chi connectivity index (χ2n) is 1.96. The molecular formula is C6H18N2O2. The van der Waals surface area contributed by atoms with Crippen molar-refractivity contribution in [2.75, 3.05) is 13.2 Å². The molecule has 0 rings (SSSR count). The van der Waals surface area contributed by atoms with Crippen LogP contribution in [0.4, 0.5) is 0 Å². The molecule has 0 heterocycles. The Morgan fingerprint density at radius 2 is 1.80 bits per heavy atom. The normalized spacial score (nSPS) is 15.0. The molecule has 0 aromatic rings. The van der Waals surface area contributed by atoms with E-state index in [0.717, 1.165) is 0 Å². The molecule has 64 valence electrons. The van der Waals surface area contributed by atoms with Gasteiger partial charge in [-0.1, -0.05) is 0 Å². The molecule has 0 aromatic heterocycles. The maximum atomic E-state index is 8.62. The first-order chi connectivity index (χ1) is 4.59. The van der Waals surface area contributed by atoms with Crippen LogP contribution in [-0.4, -0.2) is 35.5 Å². The van der Waals surface area contributed by atoms with Gasteiger partial charge in [0.1, 0.15) is 0 Å². The zero-order chi connectivity index (χ0) is 8.57. The van der Waals surface area contributed by atoms with Gasteiger partial charge >= 0.3 is 0 Å². The first-order valence-corrected chi connectivity index (χ1v) is 3.34. The van der Waals surface area contributed by atoms with Gasteiger partial charge in [-0.15, -0.1) is 0 Å². The first-order valence-electron chi connectivity index (χ1n) is 3.34. The third kappa shape index (κ3) is 10.8. The van der Waals surface area contributed by atoms with E-state index in [1.165, 1.54) is 0 Å². The Balaban J connectivity index is 0. The van der Waals surface area contributed by atoms with E-state index in [0.29, 0.717) is 6.54 Å². The molecule has 0 aliphatic heterocycles. The van der Waals surface area contributed by atoms with Crippen LogP contribution >= 0.6 is 0 Å². The molecule has 0 saturated heterocycles. The maximum Gasteiger partial charge on any atom is 0.0675 e. The molecule has 0 radical (unpaired) electrons. The Morgan fingerprint density at radius 3 is 1.80 bits per heavy atom. The highest BCUT2D eigenvalue weighted by Crippen LogP contribution is 1.81. The number of hydrogen-bond donors (Lipinski definition) is 4. The van der Waals surface area contributed by atoms with Gasteiger partial charge in [-0.3, -0.25) is 0 Å². The molecule has 6 N–H and O–H groups in total. The van der Waals surface area contributed by atoms with Gasteiger partial charge in [0.2, 0.25) is 0 Å². The van der Waals surface area contributed by atoms with Gasteiger partial charge in [-0.2, -0.15) is 0 Å². The molecule has 0 fully saturated rings. The summed E-state index contributed by atoms with van der Waals surface area (Å²) in [5, 5.41) is 16.2. The van der Waals surface area contributed by atoms with E-state index in [1.54, 1.807) is 13.8 Å². The minimum Gasteiger partial charge on any atom is -0.397 e. The van der Waals surface area contributed by atoms with E-state index in [-0.39, 0.29) is 12.6 Å². The minimum atomic E-state index is -0.481. The van der Waals surface area contributed by atoms with Crippen LogP contribution in [0.1, 0.15) is 13.8 Å². The zero-order valence-electron chi connectivity index (χ0n) is 6.62. The van der Waals surface area contributed by atoms with Crippen molar-refractivity contribution in [3.8, 4) is 0 Å². The van der Waals surface area contributed by atoms with Gasteiger partial charge in [0.15, 0.2) is 0 Å². The van der Waals surface area contributed by atoms with Crippen LogP contribution in [0.25, 0.3) is 0 Å². The maximum absolute atomic E-state index is 8.62. The highest BCUT2D eigenvalue weighted by molar-refractivity contribution is 4.66. The van der Waals surface area contributed by atoms with E-state index < -0.39 is 6.10 Å². The standard InChI is InChI=1S/C4H12N2O.C2H6O/c1-3(7)4(6)2-5;1-2-3/h3-4,7H,2,5-6H2,1H3;3H,2H2,1H3. The highest BCUT2D eigenvalue weighted by atomic mass is 16.3. The fourth-order valence-corrected chi connectivity index (χ4v) is 0.197. The lowest BCUT2D eigenvalue weighted by atomic mass is 10.2. The average molecular weight is 150 g/mol. The lowest BCUT2D eigenvalue weighted by molar-refractivity contribution is 0.166. The zero-order valence-corrected chi connectivity index (χ0v) is 6.62. The third-order valence-corrected chi connectivity index (χ3v) is 0.892. The summed E-state index contributed by atoms with van der Waals surface area (Å²) in [6.07, 6.45) is -0.481. The molecule has 4 nitrogen and oxygen atoms in total. The lowest BCUT2D eigenvalue weighted by Crippen LogP contribution is -2.39. The summed E-state index contributed by atoms with van der Waals surface area (Å²) in [6, 6.07) is -0.264. The van der Waals surface area contributed by atoms with Crippen LogP contribution in [0.2, 0.25) is 0 Å². The van der Waals surface area contributed by atoms with Crippen molar-refractivity contribution < 1.29 is 10.2 Å². The molecule has 0 aliphatic rings. The summed E-state index contributed by atoms with van der Waals surface area (Å²) in [4.78, 5) is 0. The predicted octanol–water partition coefficient (Wildman–Crippen LogP) is -1.35. The number of aliphatic hydroxyl groups is 2. The summed E-state index contributed by atoms with van der Waals surface area (Å²) in [5.74, 6) is 0. The average Bonchev–Trinajstić information content (AvgIpc) is 1.88. The van der Waals surface area contributed by atoms with Crippen molar-refractivity contribution in [2.45, 2.75) is 26.0 Å². The summed E-state index contributed by atoms with van der Waals surface area (Å²) >= 11 is 0. The van der Waals surface area contributed by atoms with Crippen LogP contribution in [0.15, 0.2) is 0 Å². The smallest absolute Gasteiger partial charge is 0.0675 e. The number of aliphatic hydroxyl groups excluding tert-OH is 2. The van der Waals surface area contributed by atoms with E-state index in [4.69, 9.17) is 21.7 Å². The van der Waals surface area contributed by atoms with E-state index in [1.807, 2.05) is 0 Å². The number of nitrogens with two attached hydrogens (primary N) is 2. The fourth-order valence-electron chi connectivity index (χ4n) is 0.197. The van der Waals surface area contributed by atoms with Crippen molar-refractivity contribution in [3.63, 3.8) is 0 Å². The number of rotatable bonds is 2. The van der Waals surface area contributed by atoms with E-state index in [2.05, 4.69) is 0 Å². The molecule has 0 bridgehead atoms. The molecule has 0 saturated carbocycles. The third-order valence-electron chi connectivity index (χ3n) is 0.892.